The lowest BCUT2D eigenvalue weighted by Gasteiger charge is -2.33. The molecule has 2 aromatic rings. The number of allylic oxidation sites excluding steroid dienone is 1. The van der Waals surface area contributed by atoms with Crippen LogP contribution in [0.2, 0.25) is 0 Å². The van der Waals surface area contributed by atoms with Crippen molar-refractivity contribution in [3.8, 4) is 11.4 Å². The quantitative estimate of drug-likeness (QED) is 0.698. The van der Waals surface area contributed by atoms with Gasteiger partial charge in [0, 0.05) is 36.6 Å². The Balaban J connectivity index is 1.67. The van der Waals surface area contributed by atoms with Crippen molar-refractivity contribution in [2.75, 3.05) is 0 Å². The fourth-order valence-electron chi connectivity index (χ4n) is 3.72. The molecule has 0 spiro atoms. The van der Waals surface area contributed by atoms with Crippen LogP contribution in [0.25, 0.3) is 11.4 Å². The molecule has 1 aromatic carbocycles. The maximum absolute atomic E-state index is 4.85. The first kappa shape index (κ1) is 14.3. The second kappa shape index (κ2) is 6.04. The van der Waals surface area contributed by atoms with E-state index in [2.05, 4.69) is 57.2 Å². The third kappa shape index (κ3) is 2.59. The summed E-state index contributed by atoms with van der Waals surface area (Å²) in [6.07, 6.45) is 14.0. The number of hydrogen-bond acceptors (Lipinski definition) is 4. The summed E-state index contributed by atoms with van der Waals surface area (Å²) >= 11 is 0. The number of hydrogen-bond donors (Lipinski definition) is 1. The second-order valence-corrected chi connectivity index (χ2v) is 6.27. The number of nitrogens with one attached hydrogen (secondary N) is 1. The van der Waals surface area contributed by atoms with Crippen molar-refractivity contribution in [1.29, 1.82) is 0 Å². The van der Waals surface area contributed by atoms with E-state index in [-0.39, 0.29) is 0 Å². The molecule has 2 aliphatic rings. The summed E-state index contributed by atoms with van der Waals surface area (Å²) in [6, 6.07) is 8.92. The van der Waals surface area contributed by atoms with Gasteiger partial charge in [-0.25, -0.2) is 0 Å². The van der Waals surface area contributed by atoms with E-state index in [9.17, 15) is 0 Å². The average molecular weight is 309 g/mol. The predicted molar refractivity (Wildman–Crippen MR) is 90.5 cm³/mol. The largest absolute Gasteiger partial charge is 0.204 e. The highest BCUT2D eigenvalue weighted by Crippen LogP contribution is 2.37. The molecule has 23 heavy (non-hydrogen) atoms. The van der Waals surface area contributed by atoms with E-state index in [0.717, 1.165) is 5.56 Å². The first-order valence-electron chi connectivity index (χ1n) is 8.35. The Morgan fingerprint density at radius 1 is 1.00 bits per heavy atom. The van der Waals surface area contributed by atoms with E-state index in [1.807, 2.05) is 6.21 Å². The molecule has 1 aliphatic heterocycles. The smallest absolute Gasteiger partial charge is 0.177 e. The Hall–Kier alpha value is -2.34. The van der Waals surface area contributed by atoms with E-state index in [0.29, 0.717) is 16.5 Å². The lowest BCUT2D eigenvalue weighted by atomic mass is 10.0. The maximum Gasteiger partial charge on any atom is 0.204 e. The number of rotatable bonds is 3. The third-order valence-electron chi connectivity index (χ3n) is 4.92. The zero-order chi connectivity index (χ0) is 15.5. The number of H-pyrrole nitrogens is 1. The number of quaternary nitrogens is 1. The van der Waals surface area contributed by atoms with Gasteiger partial charge in [0.1, 0.15) is 12.2 Å². The number of tetrazole rings is 1. The SMILES string of the molecule is C1=C[N+](c2ccc(-c3nn[nH]n3)cc2)(C2CCCCCC2)N=C1. The van der Waals surface area contributed by atoms with Crippen LogP contribution in [0.3, 0.4) is 0 Å². The minimum atomic E-state index is 0.531. The highest BCUT2D eigenvalue weighted by Gasteiger charge is 2.40. The van der Waals surface area contributed by atoms with Crippen molar-refractivity contribution < 1.29 is 0 Å². The fraction of sp³-hybridized carbons (Fsp3) is 0.412. The van der Waals surface area contributed by atoms with Gasteiger partial charge < -0.3 is 0 Å². The van der Waals surface area contributed by atoms with Crippen LogP contribution in [0, 0.1) is 0 Å². The summed E-state index contributed by atoms with van der Waals surface area (Å²) in [5.41, 5.74) is 2.17. The monoisotopic (exact) mass is 309 g/mol. The molecule has 118 valence electrons. The normalized spacial score (nSPS) is 24.9. The van der Waals surface area contributed by atoms with E-state index >= 15 is 0 Å². The van der Waals surface area contributed by atoms with Gasteiger partial charge in [0.25, 0.3) is 0 Å². The van der Waals surface area contributed by atoms with Crippen molar-refractivity contribution in [2.24, 2.45) is 5.10 Å². The van der Waals surface area contributed by atoms with Crippen LogP contribution in [-0.2, 0) is 0 Å². The van der Waals surface area contributed by atoms with Crippen molar-refractivity contribution in [1.82, 2.24) is 25.2 Å². The molecule has 0 radical (unpaired) electrons. The van der Waals surface area contributed by atoms with Gasteiger partial charge in [0.2, 0.25) is 5.82 Å². The molecular formula is C17H21N6+. The summed E-state index contributed by atoms with van der Waals surface area (Å²) in [4.78, 5) is 0. The molecule has 4 rings (SSSR count). The van der Waals surface area contributed by atoms with Crippen molar-refractivity contribution in [3.63, 3.8) is 0 Å². The third-order valence-corrected chi connectivity index (χ3v) is 4.92. The lowest BCUT2D eigenvalue weighted by Crippen LogP contribution is -2.46. The summed E-state index contributed by atoms with van der Waals surface area (Å²) < 4.78 is 0.604. The van der Waals surface area contributed by atoms with Crippen LogP contribution in [0.1, 0.15) is 38.5 Å². The molecule has 1 atom stereocenters. The second-order valence-electron chi connectivity index (χ2n) is 6.27. The molecule has 1 aromatic heterocycles. The molecule has 2 heterocycles. The summed E-state index contributed by atoms with van der Waals surface area (Å²) in [6.45, 7) is 0. The van der Waals surface area contributed by atoms with Gasteiger partial charge in [-0.1, -0.05) is 17.9 Å². The van der Waals surface area contributed by atoms with Gasteiger partial charge in [0.15, 0.2) is 5.69 Å². The van der Waals surface area contributed by atoms with Crippen LogP contribution in [0.4, 0.5) is 5.69 Å². The molecule has 1 fully saturated rings. The molecule has 1 saturated carbocycles. The van der Waals surface area contributed by atoms with Gasteiger partial charge in [0.05, 0.1) is 6.21 Å². The zero-order valence-electron chi connectivity index (χ0n) is 13.1. The van der Waals surface area contributed by atoms with Crippen LogP contribution in [0.15, 0.2) is 41.6 Å². The summed E-state index contributed by atoms with van der Waals surface area (Å²) in [7, 11) is 0. The van der Waals surface area contributed by atoms with Crippen molar-refractivity contribution in [3.05, 3.63) is 36.5 Å². The standard InChI is InChI=1S/C17H21N6/c1-2-4-7-15(6-3-1)23(13-5-12-18-23)16-10-8-14(9-11-16)17-19-21-22-20-17/h5,8-13,15H,1-4,6-7H2,(H,19,20,21,22)/q+1. The highest BCUT2D eigenvalue weighted by atomic mass is 15.6. The molecule has 1 unspecified atom stereocenters. The minimum Gasteiger partial charge on any atom is -0.177 e. The number of aromatic nitrogens is 4. The number of nitrogens with zero attached hydrogens (tertiary/aromatic N) is 5. The van der Waals surface area contributed by atoms with Gasteiger partial charge in [-0.3, -0.25) is 0 Å². The molecule has 0 amide bonds. The highest BCUT2D eigenvalue weighted by molar-refractivity contribution is 5.76. The number of aromatic amines is 1. The Morgan fingerprint density at radius 2 is 1.78 bits per heavy atom. The summed E-state index contributed by atoms with van der Waals surface area (Å²) in [5.74, 6) is 0.623. The van der Waals surface area contributed by atoms with Gasteiger partial charge >= 0.3 is 0 Å². The molecule has 1 N–H and O–H groups in total. The Morgan fingerprint density at radius 3 is 2.39 bits per heavy atom. The minimum absolute atomic E-state index is 0.531. The van der Waals surface area contributed by atoms with E-state index < -0.39 is 0 Å². The van der Waals surface area contributed by atoms with Crippen LogP contribution < -0.4 is 4.59 Å². The Labute approximate surface area is 135 Å². The Kier molecular flexibility index (Phi) is 3.75. The van der Waals surface area contributed by atoms with Gasteiger partial charge in [-0.05, 0) is 30.2 Å². The number of benzene rings is 1. The first-order valence-corrected chi connectivity index (χ1v) is 8.35. The first-order chi connectivity index (χ1) is 11.4. The zero-order valence-corrected chi connectivity index (χ0v) is 13.1. The topological polar surface area (TPSA) is 66.8 Å². The average Bonchev–Trinajstić information content (AvgIpc) is 3.23. The lowest BCUT2D eigenvalue weighted by molar-refractivity contribution is 0.266. The van der Waals surface area contributed by atoms with E-state index in [1.54, 1.807) is 0 Å². The van der Waals surface area contributed by atoms with Crippen LogP contribution in [0.5, 0.6) is 0 Å². The predicted octanol–water partition coefficient (Wildman–Crippen LogP) is 3.41. The molecular weight excluding hydrogens is 288 g/mol. The molecule has 0 saturated heterocycles. The molecule has 6 nitrogen and oxygen atoms in total. The van der Waals surface area contributed by atoms with E-state index in [1.165, 1.54) is 44.2 Å². The maximum atomic E-state index is 4.85. The fourth-order valence-corrected chi connectivity index (χ4v) is 3.72. The molecule has 1 aliphatic carbocycles. The summed E-state index contributed by atoms with van der Waals surface area (Å²) in [5, 5.41) is 19.0. The van der Waals surface area contributed by atoms with Crippen LogP contribution in [-0.4, -0.2) is 32.9 Å². The molecule has 0 bridgehead atoms. The van der Waals surface area contributed by atoms with Crippen LogP contribution >= 0.6 is 0 Å². The Bertz CT molecular complexity index is 681. The molecule has 6 heteroatoms. The van der Waals surface area contributed by atoms with Gasteiger partial charge in [-0.2, -0.15) is 5.21 Å². The van der Waals surface area contributed by atoms with E-state index in [4.69, 9.17) is 5.10 Å². The van der Waals surface area contributed by atoms with Gasteiger partial charge in [-0.15, -0.1) is 14.8 Å². The van der Waals surface area contributed by atoms with Crippen molar-refractivity contribution in [2.45, 2.75) is 44.6 Å². The van der Waals surface area contributed by atoms with Crippen molar-refractivity contribution >= 4 is 11.9 Å².